The summed E-state index contributed by atoms with van der Waals surface area (Å²) < 4.78 is 5.67. The van der Waals surface area contributed by atoms with Crippen molar-refractivity contribution in [2.75, 3.05) is 0 Å². The molecule has 0 saturated heterocycles. The highest BCUT2D eigenvalue weighted by molar-refractivity contribution is 5.98. The Kier molecular flexibility index (Phi) is 5.51. The van der Waals surface area contributed by atoms with E-state index in [9.17, 15) is 9.59 Å². The van der Waals surface area contributed by atoms with Gasteiger partial charge < -0.3 is 4.74 Å². The molecule has 0 radical (unpaired) electrons. The van der Waals surface area contributed by atoms with Crippen molar-refractivity contribution in [1.82, 2.24) is 20.8 Å². The molecule has 3 rings (SSSR count). The van der Waals surface area contributed by atoms with Crippen molar-refractivity contribution in [3.63, 3.8) is 0 Å². The van der Waals surface area contributed by atoms with Gasteiger partial charge in [0.15, 0.2) is 0 Å². The van der Waals surface area contributed by atoms with Gasteiger partial charge in [0.05, 0.1) is 6.20 Å². The van der Waals surface area contributed by atoms with Crippen molar-refractivity contribution < 1.29 is 14.3 Å². The average molecular weight is 348 g/mol. The molecule has 0 fully saturated rings. The van der Waals surface area contributed by atoms with E-state index < -0.39 is 11.8 Å². The minimum Gasteiger partial charge on any atom is -0.489 e. The van der Waals surface area contributed by atoms with E-state index in [2.05, 4.69) is 20.8 Å². The first-order valence-electron chi connectivity index (χ1n) is 7.86. The van der Waals surface area contributed by atoms with Gasteiger partial charge in [0.1, 0.15) is 18.1 Å². The minimum atomic E-state index is -0.547. The lowest BCUT2D eigenvalue weighted by molar-refractivity contribution is 0.0843. The smallest absolute Gasteiger partial charge is 0.289 e. The lowest BCUT2D eigenvalue weighted by Crippen LogP contribution is -2.41. The molecule has 1 heterocycles. The molecule has 7 heteroatoms. The first-order valence-corrected chi connectivity index (χ1v) is 7.86. The maximum Gasteiger partial charge on any atom is 0.289 e. The maximum atomic E-state index is 12.1. The predicted octanol–water partition coefficient (Wildman–Crippen LogP) is 2.13. The summed E-state index contributed by atoms with van der Waals surface area (Å²) >= 11 is 0. The molecular weight excluding hydrogens is 332 g/mol. The van der Waals surface area contributed by atoms with Crippen LogP contribution in [0, 0.1) is 0 Å². The van der Waals surface area contributed by atoms with Gasteiger partial charge in [-0.15, -0.1) is 0 Å². The monoisotopic (exact) mass is 348 g/mol. The van der Waals surface area contributed by atoms with E-state index in [4.69, 9.17) is 4.74 Å². The van der Waals surface area contributed by atoms with Gasteiger partial charge in [-0.25, -0.2) is 4.98 Å². The van der Waals surface area contributed by atoms with Crippen LogP contribution in [0.1, 0.15) is 26.4 Å². The number of amides is 2. The van der Waals surface area contributed by atoms with E-state index in [1.54, 1.807) is 24.3 Å². The summed E-state index contributed by atoms with van der Waals surface area (Å²) in [7, 11) is 0. The van der Waals surface area contributed by atoms with Crippen LogP contribution in [0.25, 0.3) is 0 Å². The number of nitrogens with zero attached hydrogens (tertiary/aromatic N) is 2. The van der Waals surface area contributed by atoms with Crippen molar-refractivity contribution in [2.45, 2.75) is 6.61 Å². The average Bonchev–Trinajstić information content (AvgIpc) is 2.72. The first-order chi connectivity index (χ1) is 12.7. The molecule has 0 spiro atoms. The van der Waals surface area contributed by atoms with Crippen LogP contribution in [0.15, 0.2) is 73.2 Å². The second kappa shape index (κ2) is 8.39. The van der Waals surface area contributed by atoms with E-state index in [-0.39, 0.29) is 5.69 Å². The van der Waals surface area contributed by atoms with Crippen LogP contribution in [0.4, 0.5) is 0 Å². The van der Waals surface area contributed by atoms with E-state index in [1.165, 1.54) is 18.6 Å². The highest BCUT2D eigenvalue weighted by Crippen LogP contribution is 2.14. The number of ether oxygens (including phenoxy) is 1. The van der Waals surface area contributed by atoms with Gasteiger partial charge in [0.2, 0.25) is 0 Å². The van der Waals surface area contributed by atoms with Gasteiger partial charge >= 0.3 is 0 Å². The van der Waals surface area contributed by atoms with E-state index >= 15 is 0 Å². The number of nitrogens with one attached hydrogen (secondary N) is 2. The van der Waals surface area contributed by atoms with Gasteiger partial charge in [-0.05, 0) is 29.8 Å². The standard InChI is InChI=1S/C19H16N4O3/c24-18(22-23-19(25)17-12-20-10-11-21-17)15-6-8-16(9-7-15)26-13-14-4-2-1-3-5-14/h1-12H,13H2,(H,22,24)(H,23,25). The highest BCUT2D eigenvalue weighted by atomic mass is 16.5. The Morgan fingerprint density at radius 3 is 2.31 bits per heavy atom. The summed E-state index contributed by atoms with van der Waals surface area (Å²) in [5.41, 5.74) is 6.16. The third-order valence-corrected chi connectivity index (χ3v) is 3.45. The maximum absolute atomic E-state index is 12.1. The molecular formula is C19H16N4O3. The van der Waals surface area contributed by atoms with Gasteiger partial charge in [0.25, 0.3) is 11.8 Å². The summed E-state index contributed by atoms with van der Waals surface area (Å²) in [6, 6.07) is 16.4. The third-order valence-electron chi connectivity index (χ3n) is 3.45. The zero-order valence-electron chi connectivity index (χ0n) is 13.8. The lowest BCUT2D eigenvalue weighted by Gasteiger charge is -2.09. The molecule has 7 nitrogen and oxygen atoms in total. The Bertz CT molecular complexity index is 868. The SMILES string of the molecule is O=C(NNC(=O)c1cnccn1)c1ccc(OCc2ccccc2)cc1. The zero-order chi connectivity index (χ0) is 18.2. The minimum absolute atomic E-state index is 0.109. The summed E-state index contributed by atoms with van der Waals surface area (Å²) in [6.45, 7) is 0.445. The molecule has 2 N–H and O–H groups in total. The quantitative estimate of drug-likeness (QED) is 0.689. The first kappa shape index (κ1) is 17.1. The lowest BCUT2D eigenvalue weighted by atomic mass is 10.2. The fourth-order valence-electron chi connectivity index (χ4n) is 2.11. The molecule has 2 amide bonds. The van der Waals surface area contributed by atoms with E-state index in [1.807, 2.05) is 30.3 Å². The molecule has 3 aromatic rings. The number of hydrogen-bond donors (Lipinski definition) is 2. The van der Waals surface area contributed by atoms with Crippen molar-refractivity contribution in [3.8, 4) is 5.75 Å². The Morgan fingerprint density at radius 2 is 1.62 bits per heavy atom. The number of hydrogen-bond acceptors (Lipinski definition) is 5. The van der Waals surface area contributed by atoms with E-state index in [0.29, 0.717) is 17.9 Å². The normalized spacial score (nSPS) is 10.0. The number of carbonyl (C=O) groups excluding carboxylic acids is 2. The summed E-state index contributed by atoms with van der Waals surface area (Å²) in [5, 5.41) is 0. The number of hydrazine groups is 1. The highest BCUT2D eigenvalue weighted by Gasteiger charge is 2.10. The largest absolute Gasteiger partial charge is 0.489 e. The summed E-state index contributed by atoms with van der Waals surface area (Å²) in [5.74, 6) is -0.347. The molecule has 0 unspecified atom stereocenters. The Balaban J connectivity index is 1.51. The molecule has 1 aromatic heterocycles. The van der Waals surface area contributed by atoms with Gasteiger partial charge in [-0.1, -0.05) is 30.3 Å². The molecule has 2 aromatic carbocycles. The Hall–Kier alpha value is -3.74. The van der Waals surface area contributed by atoms with Crippen LogP contribution in [0.5, 0.6) is 5.75 Å². The van der Waals surface area contributed by atoms with Crippen LogP contribution >= 0.6 is 0 Å². The second-order valence-electron chi connectivity index (χ2n) is 5.30. The molecule has 0 aliphatic heterocycles. The fraction of sp³-hybridized carbons (Fsp3) is 0.0526. The van der Waals surface area contributed by atoms with Crippen LogP contribution in [0.2, 0.25) is 0 Å². The zero-order valence-corrected chi connectivity index (χ0v) is 13.8. The third kappa shape index (κ3) is 4.64. The number of rotatable bonds is 5. The Morgan fingerprint density at radius 1 is 0.885 bits per heavy atom. The van der Waals surface area contributed by atoms with Crippen molar-refractivity contribution in [3.05, 3.63) is 90.0 Å². The van der Waals surface area contributed by atoms with E-state index in [0.717, 1.165) is 5.56 Å². The van der Waals surface area contributed by atoms with Crippen molar-refractivity contribution >= 4 is 11.8 Å². The molecule has 0 bridgehead atoms. The summed E-state index contributed by atoms with van der Waals surface area (Å²) in [6.07, 6.45) is 4.15. The molecule has 0 aliphatic rings. The Labute approximate surface area is 150 Å². The van der Waals surface area contributed by atoms with Crippen molar-refractivity contribution in [2.24, 2.45) is 0 Å². The van der Waals surface area contributed by atoms with Crippen LogP contribution < -0.4 is 15.6 Å². The molecule has 0 atom stereocenters. The van der Waals surface area contributed by atoms with Crippen molar-refractivity contribution in [1.29, 1.82) is 0 Å². The second-order valence-corrected chi connectivity index (χ2v) is 5.30. The molecule has 0 saturated carbocycles. The van der Waals surface area contributed by atoms with Gasteiger partial charge in [-0.3, -0.25) is 25.4 Å². The van der Waals surface area contributed by atoms with Crippen LogP contribution in [-0.2, 0) is 6.61 Å². The predicted molar refractivity (Wildman–Crippen MR) is 94.2 cm³/mol. The number of carbonyl (C=O) groups is 2. The van der Waals surface area contributed by atoms with Gasteiger partial charge in [-0.2, -0.15) is 0 Å². The van der Waals surface area contributed by atoms with Crippen LogP contribution in [0.3, 0.4) is 0 Å². The topological polar surface area (TPSA) is 93.2 Å². The number of aromatic nitrogens is 2. The molecule has 130 valence electrons. The molecule has 0 aliphatic carbocycles. The summed E-state index contributed by atoms with van der Waals surface area (Å²) in [4.78, 5) is 31.5. The van der Waals surface area contributed by atoms with Crippen LogP contribution in [-0.4, -0.2) is 21.8 Å². The molecule has 26 heavy (non-hydrogen) atoms. The fourth-order valence-corrected chi connectivity index (χ4v) is 2.11. The number of benzene rings is 2. The van der Waals surface area contributed by atoms with Gasteiger partial charge in [0, 0.05) is 18.0 Å².